The second-order valence-electron chi connectivity index (χ2n) is 7.87. The van der Waals surface area contributed by atoms with E-state index in [2.05, 4.69) is 44.9 Å². The molecule has 0 N–H and O–H groups in total. The third-order valence-corrected chi connectivity index (χ3v) is 4.95. The second kappa shape index (κ2) is 6.92. The van der Waals surface area contributed by atoms with Gasteiger partial charge in [-0.2, -0.15) is 0 Å². The number of ether oxygens (including phenoxy) is 1. The summed E-state index contributed by atoms with van der Waals surface area (Å²) < 4.78 is 5.95. The lowest BCUT2D eigenvalue weighted by molar-refractivity contribution is -0.0607. The highest BCUT2D eigenvalue weighted by Gasteiger charge is 2.43. The molecule has 1 heterocycles. The molecular weight excluding hydrogens is 258 g/mol. The maximum absolute atomic E-state index is 5.95. The van der Waals surface area contributed by atoms with E-state index in [4.69, 9.17) is 4.74 Å². The highest BCUT2D eigenvalue weighted by atomic mass is 16.5. The highest BCUT2D eigenvalue weighted by Crippen LogP contribution is 2.45. The van der Waals surface area contributed by atoms with Gasteiger partial charge in [-0.3, -0.25) is 0 Å². The molecule has 1 aliphatic heterocycles. The molecule has 0 radical (unpaired) electrons. The van der Waals surface area contributed by atoms with Crippen LogP contribution < -0.4 is 0 Å². The topological polar surface area (TPSA) is 12.5 Å². The Balaban J connectivity index is 0.00000220. The molecule has 2 aliphatic rings. The minimum atomic E-state index is -0.169. The van der Waals surface area contributed by atoms with Crippen LogP contribution in [0.25, 0.3) is 0 Å². The number of hydrogen-bond acceptors (Lipinski definition) is 2. The molecule has 2 heteroatoms. The Labute approximate surface area is 133 Å². The molecule has 1 saturated heterocycles. The fourth-order valence-corrected chi connectivity index (χ4v) is 3.53. The molecule has 0 unspecified atom stereocenters. The van der Waals surface area contributed by atoms with Crippen LogP contribution >= 0.6 is 0 Å². The third-order valence-electron chi connectivity index (χ3n) is 4.95. The summed E-state index contributed by atoms with van der Waals surface area (Å²) in [5.74, 6) is 1.65. The summed E-state index contributed by atoms with van der Waals surface area (Å²) in [5, 5.41) is 0. The summed E-state index contributed by atoms with van der Waals surface area (Å²) in [4.78, 5) is 2.30. The van der Waals surface area contributed by atoms with E-state index in [1.807, 2.05) is 0 Å². The van der Waals surface area contributed by atoms with Crippen LogP contribution in [0.1, 0.15) is 75.1 Å². The molecule has 1 saturated carbocycles. The van der Waals surface area contributed by atoms with Gasteiger partial charge in [0, 0.05) is 14.5 Å². The zero-order valence-electron chi connectivity index (χ0n) is 13.8. The van der Waals surface area contributed by atoms with Crippen LogP contribution in [0.3, 0.4) is 0 Å². The first-order valence-corrected chi connectivity index (χ1v) is 8.18. The van der Waals surface area contributed by atoms with Crippen molar-refractivity contribution in [2.24, 2.45) is 11.3 Å². The minimum Gasteiger partial charge on any atom is -0.468 e. The molecule has 0 bridgehead atoms. The number of rotatable bonds is 3. The number of hydrogen-bond donors (Lipinski definition) is 0. The Morgan fingerprint density at radius 2 is 1.71 bits per heavy atom. The van der Waals surface area contributed by atoms with Crippen molar-refractivity contribution < 1.29 is 6.16 Å². The van der Waals surface area contributed by atoms with E-state index in [0.29, 0.717) is 5.41 Å². The molecule has 0 aromatic carbocycles. The van der Waals surface area contributed by atoms with Gasteiger partial charge in [0.15, 0.2) is 0 Å². The van der Waals surface area contributed by atoms with Crippen molar-refractivity contribution in [2.75, 3.05) is 13.1 Å². The Kier molecular flexibility index (Phi) is 5.99. The molecule has 1 aliphatic carbocycles. The van der Waals surface area contributed by atoms with E-state index >= 15 is 0 Å². The van der Waals surface area contributed by atoms with Crippen molar-refractivity contribution >= 4 is 0 Å². The summed E-state index contributed by atoms with van der Waals surface area (Å²) >= 11 is 0. The SMILES string of the molecule is C.C=C=C(OC(C)(C)C)N1CC(C2(C)CCCCCC2)C1.[HH]. The molecular formula is C19H37NO. The maximum atomic E-state index is 5.95. The predicted octanol–water partition coefficient (Wildman–Crippen LogP) is 5.60. The Hall–Kier alpha value is -0.880. The average molecular weight is 296 g/mol. The van der Waals surface area contributed by atoms with Gasteiger partial charge in [-0.15, -0.1) is 0 Å². The van der Waals surface area contributed by atoms with Crippen LogP contribution in [0.15, 0.2) is 18.2 Å². The summed E-state index contributed by atoms with van der Waals surface area (Å²) in [6.07, 6.45) is 8.48. The van der Waals surface area contributed by atoms with Crippen LogP contribution in [-0.2, 0) is 4.74 Å². The van der Waals surface area contributed by atoms with E-state index in [0.717, 1.165) is 24.9 Å². The summed E-state index contributed by atoms with van der Waals surface area (Å²) in [5.41, 5.74) is 3.35. The highest BCUT2D eigenvalue weighted by molar-refractivity contribution is 5.02. The summed E-state index contributed by atoms with van der Waals surface area (Å²) in [6, 6.07) is 0. The largest absolute Gasteiger partial charge is 0.468 e. The van der Waals surface area contributed by atoms with Crippen LogP contribution in [0, 0.1) is 11.3 Å². The first-order chi connectivity index (χ1) is 9.34. The third kappa shape index (κ3) is 4.54. The quantitative estimate of drug-likeness (QED) is 0.381. The first kappa shape index (κ1) is 18.2. The monoisotopic (exact) mass is 295 g/mol. The van der Waals surface area contributed by atoms with Gasteiger partial charge in [-0.05, 0) is 44.9 Å². The van der Waals surface area contributed by atoms with Gasteiger partial charge >= 0.3 is 0 Å². The van der Waals surface area contributed by atoms with E-state index in [1.165, 1.54) is 38.5 Å². The summed E-state index contributed by atoms with van der Waals surface area (Å²) in [7, 11) is 0. The Bertz CT molecular complexity index is 379. The number of nitrogens with zero attached hydrogens (tertiary/aromatic N) is 1. The van der Waals surface area contributed by atoms with Crippen LogP contribution in [0.4, 0.5) is 0 Å². The fourth-order valence-electron chi connectivity index (χ4n) is 3.53. The normalized spacial score (nSPS) is 22.4. The van der Waals surface area contributed by atoms with Crippen molar-refractivity contribution in [2.45, 2.75) is 79.2 Å². The van der Waals surface area contributed by atoms with Crippen molar-refractivity contribution in [3.63, 3.8) is 0 Å². The molecule has 2 rings (SSSR count). The zero-order valence-corrected chi connectivity index (χ0v) is 13.8. The van der Waals surface area contributed by atoms with Gasteiger partial charge in [0.25, 0.3) is 0 Å². The molecule has 2 nitrogen and oxygen atoms in total. The van der Waals surface area contributed by atoms with Crippen LogP contribution in [0.2, 0.25) is 0 Å². The fraction of sp³-hybridized carbons (Fsp3) is 0.842. The second-order valence-corrected chi connectivity index (χ2v) is 7.87. The molecule has 0 aromatic rings. The first-order valence-electron chi connectivity index (χ1n) is 8.18. The van der Waals surface area contributed by atoms with Crippen molar-refractivity contribution in [3.05, 3.63) is 18.2 Å². The van der Waals surface area contributed by atoms with Crippen LogP contribution in [0.5, 0.6) is 0 Å². The number of likely N-dealkylation sites (tertiary alicyclic amines) is 1. The van der Waals surface area contributed by atoms with Gasteiger partial charge < -0.3 is 9.64 Å². The predicted molar refractivity (Wildman–Crippen MR) is 93.2 cm³/mol. The van der Waals surface area contributed by atoms with Gasteiger partial charge in [0.2, 0.25) is 5.88 Å². The van der Waals surface area contributed by atoms with Gasteiger partial charge in [0.1, 0.15) is 5.60 Å². The minimum absolute atomic E-state index is 0. The van der Waals surface area contributed by atoms with Crippen molar-refractivity contribution in [1.29, 1.82) is 0 Å². The zero-order chi connectivity index (χ0) is 14.8. The van der Waals surface area contributed by atoms with E-state index in [9.17, 15) is 0 Å². The van der Waals surface area contributed by atoms with Crippen molar-refractivity contribution in [1.82, 2.24) is 4.90 Å². The standard InChI is InChI=1S/C18H31NO.CH4.H2/c1-6-16(20-17(2,3)4)19-13-15(14-19)18(5)11-9-7-8-10-12-18;;/h15H,1,7-14H2,2-5H3;1H4;1H. The summed E-state index contributed by atoms with van der Waals surface area (Å²) in [6.45, 7) is 14.8. The molecule has 0 atom stereocenters. The maximum Gasteiger partial charge on any atom is 0.235 e. The average Bonchev–Trinajstić information content (AvgIpc) is 2.49. The Morgan fingerprint density at radius 3 is 2.14 bits per heavy atom. The Morgan fingerprint density at radius 1 is 1.19 bits per heavy atom. The van der Waals surface area contributed by atoms with Gasteiger partial charge in [-0.25, -0.2) is 0 Å². The van der Waals surface area contributed by atoms with Gasteiger partial charge in [-0.1, -0.05) is 52.3 Å². The molecule has 21 heavy (non-hydrogen) atoms. The van der Waals surface area contributed by atoms with Gasteiger partial charge in [0.05, 0.1) is 0 Å². The van der Waals surface area contributed by atoms with E-state index in [1.54, 1.807) is 0 Å². The molecule has 124 valence electrons. The lowest BCUT2D eigenvalue weighted by Gasteiger charge is -2.50. The molecule has 0 amide bonds. The molecule has 0 spiro atoms. The van der Waals surface area contributed by atoms with Crippen molar-refractivity contribution in [3.8, 4) is 0 Å². The molecule has 2 fully saturated rings. The van der Waals surface area contributed by atoms with Crippen LogP contribution in [-0.4, -0.2) is 23.6 Å². The van der Waals surface area contributed by atoms with E-state index in [-0.39, 0.29) is 14.5 Å². The smallest absolute Gasteiger partial charge is 0.235 e. The lowest BCUT2D eigenvalue weighted by Crippen LogP contribution is -2.53. The lowest BCUT2D eigenvalue weighted by atomic mass is 9.68. The van der Waals surface area contributed by atoms with E-state index < -0.39 is 0 Å². The molecule has 0 aromatic heterocycles.